The van der Waals surface area contributed by atoms with E-state index in [-0.39, 0.29) is 17.5 Å². The first kappa shape index (κ1) is 30.5. The number of aliphatic carboxylic acids is 1. The van der Waals surface area contributed by atoms with Gasteiger partial charge in [-0.2, -0.15) is 13.2 Å². The van der Waals surface area contributed by atoms with E-state index in [2.05, 4.69) is 24.0 Å². The molecule has 0 heterocycles. The van der Waals surface area contributed by atoms with Crippen LogP contribution < -0.4 is 0 Å². The summed E-state index contributed by atoms with van der Waals surface area (Å²) in [4.78, 5) is 13.1. The van der Waals surface area contributed by atoms with E-state index in [0.717, 1.165) is 31.4 Å². The molecule has 1 aliphatic rings. The first-order chi connectivity index (χ1) is 18.7. The van der Waals surface area contributed by atoms with E-state index >= 15 is 0 Å². The zero-order valence-corrected chi connectivity index (χ0v) is 22.8. The van der Waals surface area contributed by atoms with Crippen molar-refractivity contribution in [3.05, 3.63) is 106 Å². The Morgan fingerprint density at radius 2 is 1.92 bits per heavy atom. The van der Waals surface area contributed by atoms with Crippen molar-refractivity contribution in [2.45, 2.75) is 57.7 Å². The predicted molar refractivity (Wildman–Crippen MR) is 149 cm³/mol. The molecule has 1 unspecified atom stereocenters. The first-order valence-corrected chi connectivity index (χ1v) is 13.6. The van der Waals surface area contributed by atoms with E-state index < -0.39 is 17.7 Å². The van der Waals surface area contributed by atoms with Crippen LogP contribution in [-0.4, -0.2) is 35.7 Å². The van der Waals surface area contributed by atoms with Crippen LogP contribution in [0, 0.1) is 0 Å². The Bertz CT molecular complexity index is 1180. The highest BCUT2D eigenvalue weighted by Crippen LogP contribution is 2.37. The largest absolute Gasteiger partial charge is 0.498 e. The van der Waals surface area contributed by atoms with Gasteiger partial charge >= 0.3 is 12.1 Å². The number of benzene rings is 2. The van der Waals surface area contributed by atoms with E-state index in [9.17, 15) is 18.0 Å². The summed E-state index contributed by atoms with van der Waals surface area (Å²) in [5, 5.41) is 8.73. The fraction of sp³-hybridized carbons (Fsp3) is 0.387. The van der Waals surface area contributed by atoms with Gasteiger partial charge in [0.25, 0.3) is 0 Å². The number of unbranched alkanes of at least 4 members (excludes halogenated alkanes) is 1. The van der Waals surface area contributed by atoms with Gasteiger partial charge in [0.1, 0.15) is 5.76 Å². The molecular weight excluding hydrogens is 527 g/mol. The third-order valence-electron chi connectivity index (χ3n) is 6.62. The zero-order valence-electron chi connectivity index (χ0n) is 22.1. The number of hydrogen-bond donors (Lipinski definition) is 1. The van der Waals surface area contributed by atoms with E-state index in [4.69, 9.17) is 21.4 Å². The Kier molecular flexibility index (Phi) is 11.7. The van der Waals surface area contributed by atoms with Gasteiger partial charge in [-0.1, -0.05) is 86.0 Å². The van der Waals surface area contributed by atoms with Crippen LogP contribution in [0.15, 0.2) is 84.2 Å². The van der Waals surface area contributed by atoms with Gasteiger partial charge in [-0.05, 0) is 47.6 Å². The van der Waals surface area contributed by atoms with Crippen molar-refractivity contribution in [3.8, 4) is 0 Å². The Hall–Kier alpha value is -3.03. The molecule has 2 aromatic rings. The molecule has 4 nitrogen and oxygen atoms in total. The molecule has 1 N–H and O–H groups in total. The Morgan fingerprint density at radius 1 is 1.15 bits per heavy atom. The second-order valence-electron chi connectivity index (χ2n) is 9.69. The maximum atomic E-state index is 13.5. The standard InChI is InChI=1S/C31H35ClF3NO3/c1-2-3-11-25(24-12-5-4-6-13-24)21-36(22-26-14-8-16-28(30(26)32)31(33,34)35)17-9-18-39-27-15-7-10-23(19-27)20-29(37)38/h4-8,10,12-16,20,25H,2-3,9,11,17-19,21-22H2,1H3,(H,37,38). The number of nitrogens with zero attached hydrogens (tertiary/aromatic N) is 1. The number of hydrogen-bond acceptors (Lipinski definition) is 3. The molecule has 0 fully saturated rings. The van der Waals surface area contributed by atoms with Gasteiger partial charge in [0, 0.05) is 32.1 Å². The van der Waals surface area contributed by atoms with Crippen LogP contribution in [0.3, 0.4) is 0 Å². The van der Waals surface area contributed by atoms with E-state index in [1.807, 2.05) is 24.3 Å². The fourth-order valence-electron chi connectivity index (χ4n) is 4.69. The van der Waals surface area contributed by atoms with E-state index in [1.54, 1.807) is 18.2 Å². The normalized spacial score (nSPS) is 15.4. The molecule has 0 bridgehead atoms. The Labute approximate surface area is 233 Å². The summed E-state index contributed by atoms with van der Waals surface area (Å²) < 4.78 is 46.4. The summed E-state index contributed by atoms with van der Waals surface area (Å²) in [5.41, 5.74) is 1.48. The smallest absolute Gasteiger partial charge is 0.417 e. The van der Waals surface area contributed by atoms with Gasteiger partial charge in [-0.25, -0.2) is 4.79 Å². The van der Waals surface area contributed by atoms with Crippen LogP contribution in [0.5, 0.6) is 0 Å². The van der Waals surface area contributed by atoms with Crippen molar-refractivity contribution in [1.29, 1.82) is 0 Å². The third-order valence-corrected chi connectivity index (χ3v) is 7.07. The fourth-order valence-corrected chi connectivity index (χ4v) is 4.99. The predicted octanol–water partition coefficient (Wildman–Crippen LogP) is 8.40. The zero-order chi connectivity index (χ0) is 28.3. The van der Waals surface area contributed by atoms with Crippen LogP contribution >= 0.6 is 11.6 Å². The minimum Gasteiger partial charge on any atom is -0.498 e. The molecule has 1 aliphatic carbocycles. The summed E-state index contributed by atoms with van der Waals surface area (Å²) >= 11 is 6.25. The van der Waals surface area contributed by atoms with Crippen LogP contribution in [0.2, 0.25) is 5.02 Å². The molecule has 0 radical (unpaired) electrons. The van der Waals surface area contributed by atoms with Crippen molar-refractivity contribution in [1.82, 2.24) is 4.90 Å². The number of alkyl halides is 3. The SMILES string of the molecule is CCCCC(CN(CCCOC1=CC=CC(=CC(=O)O)C1)Cc1cccc(C(F)(F)F)c1Cl)c1ccccc1. The molecule has 0 spiro atoms. The monoisotopic (exact) mass is 561 g/mol. The molecule has 0 aromatic heterocycles. The summed E-state index contributed by atoms with van der Waals surface area (Å²) in [6.07, 6.45) is 6.08. The summed E-state index contributed by atoms with van der Waals surface area (Å²) in [6, 6.07) is 14.3. The molecule has 0 aliphatic heterocycles. The van der Waals surface area contributed by atoms with Crippen LogP contribution in [-0.2, 0) is 22.3 Å². The third kappa shape index (κ3) is 9.90. The number of carboxylic acids is 1. The van der Waals surface area contributed by atoms with Gasteiger partial charge in [0.2, 0.25) is 0 Å². The van der Waals surface area contributed by atoms with Gasteiger partial charge in [-0.3, -0.25) is 4.90 Å². The lowest BCUT2D eigenvalue weighted by Gasteiger charge is -2.29. The van der Waals surface area contributed by atoms with Crippen molar-refractivity contribution in [2.24, 2.45) is 0 Å². The van der Waals surface area contributed by atoms with Crippen molar-refractivity contribution in [3.63, 3.8) is 0 Å². The lowest BCUT2D eigenvalue weighted by atomic mass is 9.92. The second kappa shape index (κ2) is 14.9. The van der Waals surface area contributed by atoms with Crippen LogP contribution in [0.4, 0.5) is 13.2 Å². The minimum atomic E-state index is -4.52. The number of carboxylic acid groups (broad SMARTS) is 1. The summed E-state index contributed by atoms with van der Waals surface area (Å²) in [5.74, 6) is -0.0926. The topological polar surface area (TPSA) is 49.8 Å². The molecule has 0 amide bonds. The number of allylic oxidation sites excluding steroid dienone is 4. The first-order valence-electron chi connectivity index (χ1n) is 13.2. The molecule has 210 valence electrons. The highest BCUT2D eigenvalue weighted by molar-refractivity contribution is 6.32. The Morgan fingerprint density at radius 3 is 2.62 bits per heavy atom. The molecule has 39 heavy (non-hydrogen) atoms. The molecule has 3 rings (SSSR count). The average molecular weight is 562 g/mol. The van der Waals surface area contributed by atoms with Crippen molar-refractivity contribution < 1.29 is 27.8 Å². The van der Waals surface area contributed by atoms with Gasteiger partial charge in [0.15, 0.2) is 0 Å². The molecule has 0 saturated heterocycles. The number of ether oxygens (including phenoxy) is 1. The molecule has 2 aromatic carbocycles. The minimum absolute atomic E-state index is 0.228. The summed E-state index contributed by atoms with van der Waals surface area (Å²) in [7, 11) is 0. The molecule has 0 saturated carbocycles. The maximum Gasteiger partial charge on any atom is 0.417 e. The second-order valence-corrected chi connectivity index (χ2v) is 10.1. The quantitative estimate of drug-likeness (QED) is 0.186. The highest BCUT2D eigenvalue weighted by Gasteiger charge is 2.34. The molecular formula is C31H35ClF3NO3. The maximum absolute atomic E-state index is 13.5. The highest BCUT2D eigenvalue weighted by atomic mass is 35.5. The number of rotatable bonds is 14. The van der Waals surface area contributed by atoms with Gasteiger partial charge in [-0.15, -0.1) is 0 Å². The molecule has 1 atom stereocenters. The van der Waals surface area contributed by atoms with Crippen LogP contribution in [0.25, 0.3) is 0 Å². The Balaban J connectivity index is 1.73. The van der Waals surface area contributed by atoms with Crippen molar-refractivity contribution in [2.75, 3.05) is 19.7 Å². The number of carbonyl (C=O) groups is 1. The van der Waals surface area contributed by atoms with Crippen LogP contribution in [0.1, 0.15) is 61.6 Å². The average Bonchev–Trinajstić information content (AvgIpc) is 2.89. The molecule has 8 heteroatoms. The van der Waals surface area contributed by atoms with E-state index in [0.29, 0.717) is 49.4 Å². The van der Waals surface area contributed by atoms with Gasteiger partial charge < -0.3 is 9.84 Å². The number of halogens is 4. The summed E-state index contributed by atoms with van der Waals surface area (Å²) in [6.45, 7) is 4.11. The van der Waals surface area contributed by atoms with E-state index in [1.165, 1.54) is 11.6 Å². The van der Waals surface area contributed by atoms with Crippen molar-refractivity contribution >= 4 is 17.6 Å². The van der Waals surface area contributed by atoms with Gasteiger partial charge in [0.05, 0.1) is 17.2 Å². The lowest BCUT2D eigenvalue weighted by molar-refractivity contribution is -0.137. The lowest BCUT2D eigenvalue weighted by Crippen LogP contribution is -2.30.